The predicted octanol–water partition coefficient (Wildman–Crippen LogP) is -0.413. The number of rotatable bonds is 31. The molecule has 542 valence electrons. The average molecular weight is 1350 g/mol. The molecule has 1 heterocycles. The third-order valence-electron chi connectivity index (χ3n) is 16.0. The van der Waals surface area contributed by atoms with Gasteiger partial charge in [-0.2, -0.15) is 0 Å². The standard InChI is InChI=1S/C64H111N11O20/c1-15-18-19-20-21-22-39(78)27-48(79)65-40(23-32(4)5)54(84)68-44(28-49(80)81)58(88)75-53-38(14)95-64(94)45(29-50(82)83)70-61(91)51(36(12)16-2)74-62(92)52(37(13)17-3)73-60(90)47(31-77)72-57(87)42(25-34(8)9)67-59(89)46(30-76)71-56(86)41(24-33(6)7)66-55(85)43(26-35(10)11)69-63(53)93/h32-47,51-53,76-78H,15-31H2,1-14H3,(H,65,79)(H,66,85)(H,67,89)(H,68,84)(H,69,93)(H,70,91)(H,71,86)(H,72,87)(H,73,90)(H,74,92)(H,75,88)(H,80,81)(H,82,83). The lowest BCUT2D eigenvalue weighted by Crippen LogP contribution is -2.63. The van der Waals surface area contributed by atoms with E-state index in [9.17, 15) is 92.7 Å². The molecule has 11 amide bonds. The van der Waals surface area contributed by atoms with E-state index in [0.29, 0.717) is 12.8 Å². The van der Waals surface area contributed by atoms with Crippen LogP contribution < -0.4 is 58.5 Å². The Labute approximate surface area is 557 Å². The lowest BCUT2D eigenvalue weighted by Gasteiger charge is -2.32. The molecule has 0 saturated carbocycles. The van der Waals surface area contributed by atoms with E-state index in [1.807, 2.05) is 0 Å². The number of nitrogens with one attached hydrogen (secondary N) is 11. The predicted molar refractivity (Wildman–Crippen MR) is 346 cm³/mol. The number of carboxylic acids is 2. The number of carbonyl (C=O) groups excluding carboxylic acids is 12. The topological polar surface area (TPSA) is 482 Å². The zero-order chi connectivity index (χ0) is 72.6. The van der Waals surface area contributed by atoms with E-state index in [2.05, 4.69) is 65.4 Å². The highest BCUT2D eigenvalue weighted by molar-refractivity contribution is 6.00. The number of cyclic esters (lactones) is 1. The lowest BCUT2D eigenvalue weighted by atomic mass is 9.94. The molecule has 95 heavy (non-hydrogen) atoms. The van der Waals surface area contributed by atoms with Crippen LogP contribution in [0.2, 0.25) is 0 Å². The maximum atomic E-state index is 14.9. The lowest BCUT2D eigenvalue weighted by molar-refractivity contribution is -0.158. The highest BCUT2D eigenvalue weighted by atomic mass is 16.5. The fourth-order valence-corrected chi connectivity index (χ4v) is 10.3. The molecule has 15 atom stereocenters. The molecule has 15 unspecified atom stereocenters. The van der Waals surface area contributed by atoms with Crippen LogP contribution in [-0.4, -0.2) is 200 Å². The number of aliphatic hydroxyl groups excluding tert-OH is 3. The third-order valence-corrected chi connectivity index (χ3v) is 16.0. The highest BCUT2D eigenvalue weighted by Crippen LogP contribution is 2.18. The molecule has 0 radical (unpaired) electrons. The fourth-order valence-electron chi connectivity index (χ4n) is 10.3. The molecule has 1 aliphatic rings. The summed E-state index contributed by atoms with van der Waals surface area (Å²) < 4.78 is 5.68. The number of hydrogen-bond donors (Lipinski definition) is 16. The largest absolute Gasteiger partial charge is 0.481 e. The number of esters is 1. The molecule has 0 aromatic heterocycles. The van der Waals surface area contributed by atoms with Gasteiger partial charge >= 0.3 is 17.9 Å². The molecule has 0 aliphatic carbocycles. The highest BCUT2D eigenvalue weighted by Gasteiger charge is 2.41. The Morgan fingerprint density at radius 2 is 0.884 bits per heavy atom. The Bertz CT molecular complexity index is 2570. The first-order valence-electron chi connectivity index (χ1n) is 33.3. The zero-order valence-corrected chi connectivity index (χ0v) is 57.9. The van der Waals surface area contributed by atoms with E-state index in [0.717, 1.165) is 32.6 Å². The minimum Gasteiger partial charge on any atom is -0.481 e. The number of aliphatic hydroxyl groups is 3. The second-order valence-corrected chi connectivity index (χ2v) is 26.6. The molecule has 0 aromatic carbocycles. The third kappa shape index (κ3) is 31.7. The molecule has 16 N–H and O–H groups in total. The number of unbranched alkanes of at least 4 members (excludes halogenated alkanes) is 4. The van der Waals surface area contributed by atoms with Crippen LogP contribution in [-0.2, 0) is 71.9 Å². The first-order valence-corrected chi connectivity index (χ1v) is 33.3. The van der Waals surface area contributed by atoms with E-state index in [-0.39, 0.29) is 62.7 Å². The summed E-state index contributed by atoms with van der Waals surface area (Å²) >= 11 is 0. The Morgan fingerprint density at radius 3 is 1.31 bits per heavy atom. The van der Waals surface area contributed by atoms with Crippen molar-refractivity contribution in [2.75, 3.05) is 13.2 Å². The maximum absolute atomic E-state index is 14.9. The molecule has 1 fully saturated rings. The molecule has 1 rings (SSSR count). The van der Waals surface area contributed by atoms with Crippen molar-refractivity contribution in [1.29, 1.82) is 0 Å². The molecule has 0 aromatic rings. The number of hydrogen-bond acceptors (Lipinski definition) is 18. The molecular formula is C64H111N11O20. The van der Waals surface area contributed by atoms with E-state index in [1.165, 1.54) is 6.92 Å². The van der Waals surface area contributed by atoms with Gasteiger partial charge in [-0.1, -0.05) is 135 Å². The molecule has 1 aliphatic heterocycles. The first kappa shape index (κ1) is 85.5. The first-order chi connectivity index (χ1) is 44.4. The van der Waals surface area contributed by atoms with E-state index < -0.39 is 205 Å². The Kier molecular flexibility index (Phi) is 39.2. The van der Waals surface area contributed by atoms with Crippen LogP contribution in [0.3, 0.4) is 0 Å². The van der Waals surface area contributed by atoms with Gasteiger partial charge in [0, 0.05) is 0 Å². The van der Waals surface area contributed by atoms with Crippen molar-refractivity contribution >= 4 is 82.9 Å². The van der Waals surface area contributed by atoms with Crippen LogP contribution in [0.4, 0.5) is 0 Å². The second kappa shape index (κ2) is 43.5. The number of ether oxygens (including phenoxy) is 1. The normalized spacial score (nSPS) is 24.5. The van der Waals surface area contributed by atoms with Crippen molar-refractivity contribution in [3.63, 3.8) is 0 Å². The van der Waals surface area contributed by atoms with E-state index in [4.69, 9.17) is 4.74 Å². The van der Waals surface area contributed by atoms with Crippen molar-refractivity contribution in [3.05, 3.63) is 0 Å². The van der Waals surface area contributed by atoms with Crippen molar-refractivity contribution in [1.82, 2.24) is 58.5 Å². The average Bonchev–Trinajstić information content (AvgIpc) is 0.890. The number of aliphatic carboxylic acids is 2. The summed E-state index contributed by atoms with van der Waals surface area (Å²) in [5, 5.41) is 78.6. The second-order valence-electron chi connectivity index (χ2n) is 26.6. The van der Waals surface area contributed by atoms with Crippen LogP contribution in [0.1, 0.15) is 193 Å². The van der Waals surface area contributed by atoms with Gasteiger partial charge in [0.05, 0.1) is 38.6 Å². The maximum Gasteiger partial charge on any atom is 0.329 e. The van der Waals surface area contributed by atoms with Gasteiger partial charge in [0.1, 0.15) is 72.6 Å². The van der Waals surface area contributed by atoms with Crippen LogP contribution in [0, 0.1) is 35.5 Å². The summed E-state index contributed by atoms with van der Waals surface area (Å²) in [4.78, 5) is 196. The van der Waals surface area contributed by atoms with Gasteiger partial charge in [-0.15, -0.1) is 0 Å². The summed E-state index contributed by atoms with van der Waals surface area (Å²) in [6.45, 7) is 20.9. The van der Waals surface area contributed by atoms with Gasteiger partial charge < -0.3 is 88.8 Å². The smallest absolute Gasteiger partial charge is 0.329 e. The quantitative estimate of drug-likeness (QED) is 0.0310. The molecular weight excluding hydrogens is 1240 g/mol. The summed E-state index contributed by atoms with van der Waals surface area (Å²) in [7, 11) is 0. The van der Waals surface area contributed by atoms with Crippen LogP contribution in [0.15, 0.2) is 0 Å². The van der Waals surface area contributed by atoms with Crippen molar-refractivity contribution in [2.24, 2.45) is 35.5 Å². The molecule has 1 saturated heterocycles. The van der Waals surface area contributed by atoms with E-state index in [1.54, 1.807) is 76.2 Å². The zero-order valence-electron chi connectivity index (χ0n) is 57.9. The van der Waals surface area contributed by atoms with Gasteiger partial charge in [-0.05, 0) is 74.5 Å². The van der Waals surface area contributed by atoms with Crippen molar-refractivity contribution in [2.45, 2.75) is 272 Å². The summed E-state index contributed by atoms with van der Waals surface area (Å²) in [5.74, 6) is -19.6. The van der Waals surface area contributed by atoms with Gasteiger partial charge in [0.15, 0.2) is 0 Å². The van der Waals surface area contributed by atoms with E-state index >= 15 is 0 Å². The summed E-state index contributed by atoms with van der Waals surface area (Å²) in [5.41, 5.74) is 0. The van der Waals surface area contributed by atoms with Crippen LogP contribution >= 0.6 is 0 Å². The Morgan fingerprint density at radius 1 is 0.474 bits per heavy atom. The SMILES string of the molecule is CCCCCCCC(O)CC(=O)NC(CC(C)C)C(=O)NC(CC(=O)O)C(=O)NC1C(=O)NC(CC(C)C)C(=O)NC(CC(C)C)C(=O)NC(CO)C(=O)NC(CC(C)C)C(=O)NC(CO)C(=O)NC(C(C)CC)C(=O)NC(C(C)CC)C(=O)NC(CC(=O)O)C(=O)OC1C. The number of carbonyl (C=O) groups is 14. The Balaban J connectivity index is 4.30. The summed E-state index contributed by atoms with van der Waals surface area (Å²) in [6, 6.07) is -19.0. The van der Waals surface area contributed by atoms with Crippen molar-refractivity contribution < 1.29 is 97.4 Å². The Hall–Kier alpha value is -7.54. The number of amides is 11. The monoisotopic (exact) mass is 1350 g/mol. The van der Waals surface area contributed by atoms with Gasteiger partial charge in [-0.25, -0.2) is 4.79 Å². The number of carboxylic acid groups (broad SMARTS) is 2. The molecule has 31 heteroatoms. The minimum absolute atomic E-state index is 0.0412. The fraction of sp³-hybridized carbons (Fsp3) is 0.781. The minimum atomic E-state index is -2.20. The van der Waals surface area contributed by atoms with Crippen LogP contribution in [0.5, 0.6) is 0 Å². The molecule has 0 bridgehead atoms. The van der Waals surface area contributed by atoms with Gasteiger partial charge in [0.2, 0.25) is 65.0 Å². The van der Waals surface area contributed by atoms with Gasteiger partial charge in [-0.3, -0.25) is 62.3 Å². The van der Waals surface area contributed by atoms with Crippen LogP contribution in [0.25, 0.3) is 0 Å². The molecule has 31 nitrogen and oxygen atoms in total. The van der Waals surface area contributed by atoms with Crippen molar-refractivity contribution in [3.8, 4) is 0 Å². The molecule has 0 spiro atoms. The summed E-state index contributed by atoms with van der Waals surface area (Å²) in [6.07, 6.45) is -1.07. The van der Waals surface area contributed by atoms with Gasteiger partial charge in [0.25, 0.3) is 0 Å².